The van der Waals surface area contributed by atoms with Crippen LogP contribution in [0.25, 0.3) is 16.6 Å². The molecule has 3 amide bonds. The summed E-state index contributed by atoms with van der Waals surface area (Å²) in [5.41, 5.74) is 0.800. The molecule has 9 heteroatoms. The van der Waals surface area contributed by atoms with Crippen LogP contribution >= 0.6 is 23.4 Å². The van der Waals surface area contributed by atoms with E-state index in [0.29, 0.717) is 33.3 Å². The van der Waals surface area contributed by atoms with E-state index in [4.69, 9.17) is 11.6 Å². The third-order valence-electron chi connectivity index (χ3n) is 4.37. The Morgan fingerprint density at radius 1 is 1.13 bits per heavy atom. The number of fused-ring (bicyclic) bond motifs is 1. The summed E-state index contributed by atoms with van der Waals surface area (Å²) >= 11 is 7.22. The molecule has 3 aromatic rings. The molecule has 0 bridgehead atoms. The minimum atomic E-state index is -0.678. The highest BCUT2D eigenvalue weighted by atomic mass is 35.5. The zero-order valence-electron chi connectivity index (χ0n) is 17.4. The lowest BCUT2D eigenvalue weighted by Crippen LogP contribution is -2.43. The van der Waals surface area contributed by atoms with Gasteiger partial charge in [0.15, 0.2) is 5.16 Å². The maximum atomic E-state index is 13.2. The van der Waals surface area contributed by atoms with Crippen molar-refractivity contribution in [3.63, 3.8) is 0 Å². The number of para-hydroxylation sites is 1. The summed E-state index contributed by atoms with van der Waals surface area (Å²) in [5, 5.41) is 5.55. The smallest absolute Gasteiger partial charge is 0.321 e. The summed E-state index contributed by atoms with van der Waals surface area (Å²) in [6.07, 6.45) is 0. The van der Waals surface area contributed by atoms with Crippen LogP contribution in [0.15, 0.2) is 58.5 Å². The number of hydrogen-bond acceptors (Lipinski definition) is 5. The Balaban J connectivity index is 1.94. The van der Waals surface area contributed by atoms with E-state index in [9.17, 15) is 14.4 Å². The fourth-order valence-electron chi connectivity index (χ4n) is 2.80. The number of carbonyl (C=O) groups is 2. The molecule has 0 fully saturated rings. The lowest BCUT2D eigenvalue weighted by molar-refractivity contribution is -0.119. The largest absolute Gasteiger partial charge is 0.338 e. The summed E-state index contributed by atoms with van der Waals surface area (Å²) in [4.78, 5) is 42.3. The van der Waals surface area contributed by atoms with Crippen molar-refractivity contribution in [2.45, 2.75) is 31.2 Å². The monoisotopic (exact) mass is 458 g/mol. The fraction of sp³-hybridized carbons (Fsp3) is 0.273. The Morgan fingerprint density at radius 3 is 2.58 bits per heavy atom. The number of nitrogens with one attached hydrogen (secondary N) is 2. The van der Waals surface area contributed by atoms with E-state index in [2.05, 4.69) is 15.6 Å². The molecular formula is C22H23ClN4O3S. The number of nitrogens with zero attached hydrogens (tertiary/aromatic N) is 2. The molecule has 0 aliphatic heterocycles. The predicted molar refractivity (Wildman–Crippen MR) is 124 cm³/mol. The van der Waals surface area contributed by atoms with E-state index in [1.54, 1.807) is 55.5 Å². The highest BCUT2D eigenvalue weighted by Crippen LogP contribution is 2.26. The van der Waals surface area contributed by atoms with Crippen LogP contribution in [0.4, 0.5) is 4.79 Å². The summed E-state index contributed by atoms with van der Waals surface area (Å²) in [7, 11) is 0. The van der Waals surface area contributed by atoms with Crippen LogP contribution in [0.1, 0.15) is 20.8 Å². The van der Waals surface area contributed by atoms with Crippen LogP contribution in [0.3, 0.4) is 0 Å². The number of urea groups is 1. The van der Waals surface area contributed by atoms with Gasteiger partial charge in [0.05, 0.1) is 21.8 Å². The molecule has 0 radical (unpaired) electrons. The SMILES string of the molecule is CC(C)CNC(=O)NC(=O)[C@@H](C)Sc1nc2ccccc2c(=O)n1-c1cccc(Cl)c1. The minimum absolute atomic E-state index is 0.265. The first-order valence-corrected chi connectivity index (χ1v) is 11.0. The van der Waals surface area contributed by atoms with Crippen LogP contribution in [0.2, 0.25) is 5.02 Å². The first kappa shape index (κ1) is 22.8. The Kier molecular flexibility index (Phi) is 7.35. The van der Waals surface area contributed by atoms with Crippen molar-refractivity contribution in [3.05, 3.63) is 63.9 Å². The van der Waals surface area contributed by atoms with Crippen LogP contribution in [-0.2, 0) is 4.79 Å². The molecule has 0 saturated carbocycles. The summed E-state index contributed by atoms with van der Waals surface area (Å²) in [6, 6.07) is 13.3. The number of carbonyl (C=O) groups excluding carboxylic acids is 2. The molecule has 0 aliphatic rings. The molecule has 1 heterocycles. The van der Waals surface area contributed by atoms with Crippen LogP contribution < -0.4 is 16.2 Å². The van der Waals surface area contributed by atoms with Crippen molar-refractivity contribution in [1.82, 2.24) is 20.2 Å². The normalized spacial score (nSPS) is 12.0. The Bertz CT molecular complexity index is 1180. The molecule has 0 saturated heterocycles. The molecule has 0 aliphatic carbocycles. The first-order valence-electron chi connectivity index (χ1n) is 9.79. The molecular weight excluding hydrogens is 436 g/mol. The molecule has 1 aromatic heterocycles. The third-order valence-corrected chi connectivity index (χ3v) is 5.66. The van der Waals surface area contributed by atoms with Crippen molar-refractivity contribution in [2.24, 2.45) is 5.92 Å². The van der Waals surface area contributed by atoms with Gasteiger partial charge in [-0.25, -0.2) is 9.78 Å². The number of halogens is 1. The second-order valence-corrected chi connectivity index (χ2v) is 9.13. The number of benzene rings is 2. The van der Waals surface area contributed by atoms with E-state index in [0.717, 1.165) is 11.8 Å². The second-order valence-electron chi connectivity index (χ2n) is 7.39. The maximum absolute atomic E-state index is 13.2. The van der Waals surface area contributed by atoms with E-state index < -0.39 is 17.2 Å². The summed E-state index contributed by atoms with van der Waals surface area (Å²) in [5.74, 6) is -0.215. The number of thioether (sulfide) groups is 1. The average molecular weight is 459 g/mol. The van der Waals surface area contributed by atoms with Gasteiger partial charge < -0.3 is 5.32 Å². The number of aromatic nitrogens is 2. The van der Waals surface area contributed by atoms with Gasteiger partial charge in [0.25, 0.3) is 5.56 Å². The van der Waals surface area contributed by atoms with Crippen LogP contribution in [0, 0.1) is 5.92 Å². The van der Waals surface area contributed by atoms with Crippen molar-refractivity contribution in [2.75, 3.05) is 6.54 Å². The Hall–Kier alpha value is -2.84. The number of amides is 3. The summed E-state index contributed by atoms with van der Waals surface area (Å²) in [6.45, 7) is 6.03. The van der Waals surface area contributed by atoms with Gasteiger partial charge in [0.1, 0.15) is 0 Å². The molecule has 7 nitrogen and oxygen atoms in total. The van der Waals surface area contributed by atoms with E-state index in [1.165, 1.54) is 4.57 Å². The molecule has 3 rings (SSSR count). The standard InChI is InChI=1S/C22H23ClN4O3S/c1-13(2)12-24-21(30)26-19(28)14(3)31-22-25-18-10-5-4-9-17(18)20(29)27(22)16-8-6-7-15(23)11-16/h4-11,13-14H,12H2,1-3H3,(H2,24,26,28,30)/t14-/m1/s1. The molecule has 0 unspecified atom stereocenters. The van der Waals surface area contributed by atoms with Gasteiger partial charge in [-0.05, 0) is 43.2 Å². The van der Waals surface area contributed by atoms with Gasteiger partial charge in [-0.1, -0.05) is 55.4 Å². The quantitative estimate of drug-likeness (QED) is 0.430. The third kappa shape index (κ3) is 5.65. The minimum Gasteiger partial charge on any atom is -0.338 e. The van der Waals surface area contributed by atoms with E-state index in [1.807, 2.05) is 13.8 Å². The zero-order valence-corrected chi connectivity index (χ0v) is 19.0. The van der Waals surface area contributed by atoms with Crippen LogP contribution in [0.5, 0.6) is 0 Å². The lowest BCUT2D eigenvalue weighted by Gasteiger charge is -2.16. The first-order chi connectivity index (χ1) is 14.8. The number of hydrogen-bond donors (Lipinski definition) is 2. The number of rotatable bonds is 6. The molecule has 162 valence electrons. The van der Waals surface area contributed by atoms with E-state index >= 15 is 0 Å². The van der Waals surface area contributed by atoms with Gasteiger partial charge in [-0.3, -0.25) is 19.5 Å². The zero-order chi connectivity index (χ0) is 22.5. The molecule has 1 atom stereocenters. The van der Waals surface area contributed by atoms with Gasteiger partial charge in [-0.15, -0.1) is 0 Å². The fourth-order valence-corrected chi connectivity index (χ4v) is 3.91. The second kappa shape index (κ2) is 9.98. The highest BCUT2D eigenvalue weighted by molar-refractivity contribution is 8.00. The Labute approximate surface area is 189 Å². The van der Waals surface area contributed by atoms with Crippen molar-refractivity contribution in [3.8, 4) is 5.69 Å². The van der Waals surface area contributed by atoms with Gasteiger partial charge in [-0.2, -0.15) is 0 Å². The van der Waals surface area contributed by atoms with E-state index in [-0.39, 0.29) is 11.5 Å². The molecule has 0 spiro atoms. The average Bonchev–Trinajstić information content (AvgIpc) is 2.72. The number of imide groups is 1. The lowest BCUT2D eigenvalue weighted by atomic mass is 10.2. The van der Waals surface area contributed by atoms with Gasteiger partial charge in [0.2, 0.25) is 5.91 Å². The Morgan fingerprint density at radius 2 is 1.87 bits per heavy atom. The predicted octanol–water partition coefficient (Wildman–Crippen LogP) is 4.00. The topological polar surface area (TPSA) is 93.1 Å². The van der Waals surface area contributed by atoms with Gasteiger partial charge >= 0.3 is 6.03 Å². The highest BCUT2D eigenvalue weighted by Gasteiger charge is 2.22. The molecule has 2 aromatic carbocycles. The van der Waals surface area contributed by atoms with Crippen molar-refractivity contribution < 1.29 is 9.59 Å². The molecule has 31 heavy (non-hydrogen) atoms. The van der Waals surface area contributed by atoms with Gasteiger partial charge in [0, 0.05) is 11.6 Å². The van der Waals surface area contributed by atoms with Crippen LogP contribution in [-0.4, -0.2) is 33.3 Å². The maximum Gasteiger partial charge on any atom is 0.321 e. The summed E-state index contributed by atoms with van der Waals surface area (Å²) < 4.78 is 1.43. The van der Waals surface area contributed by atoms with Crippen molar-refractivity contribution in [1.29, 1.82) is 0 Å². The molecule has 2 N–H and O–H groups in total. The van der Waals surface area contributed by atoms with Crippen molar-refractivity contribution >= 4 is 46.2 Å².